The minimum atomic E-state index is -1.41. The first-order valence-corrected chi connectivity index (χ1v) is 4.95. The minimum absolute atomic E-state index is 0.279. The van der Waals surface area contributed by atoms with Crippen LogP contribution in [0.2, 0.25) is 0 Å². The second-order valence-electron chi connectivity index (χ2n) is 4.67. The lowest BCUT2D eigenvalue weighted by atomic mass is 9.90. The number of carboxylic acids is 2. The maximum absolute atomic E-state index is 11.0. The molecule has 0 saturated carbocycles. The fourth-order valence-corrected chi connectivity index (χ4v) is 0.677. The van der Waals surface area contributed by atoms with Gasteiger partial charge in [-0.05, 0) is 26.7 Å². The third kappa shape index (κ3) is 3.01. The van der Waals surface area contributed by atoms with Gasteiger partial charge < -0.3 is 10.2 Å². The highest BCUT2D eigenvalue weighted by Gasteiger charge is 2.38. The molecule has 1 atom stereocenters. The van der Waals surface area contributed by atoms with Gasteiger partial charge in [-0.15, -0.1) is 0 Å². The molecule has 0 aromatic carbocycles. The molecule has 0 rings (SSSR count). The van der Waals surface area contributed by atoms with Gasteiger partial charge in [0, 0.05) is 0 Å². The molecule has 92 valence electrons. The lowest BCUT2D eigenvalue weighted by Gasteiger charge is -2.24. The van der Waals surface area contributed by atoms with Crippen LogP contribution in [0.3, 0.4) is 0 Å². The second-order valence-corrected chi connectivity index (χ2v) is 4.67. The number of hydrogen-bond donors (Lipinski definition) is 2. The number of carbonyl (C=O) groups is 2. The highest BCUT2D eigenvalue weighted by molar-refractivity contribution is 5.79. The first kappa shape index (κ1) is 14.5. The summed E-state index contributed by atoms with van der Waals surface area (Å²) in [4.78, 5) is 21.8. The Kier molecular flexibility index (Phi) is 4.17. The maximum atomic E-state index is 11.0. The smallest absolute Gasteiger partial charge is 0.333 e. The highest BCUT2D eigenvalue weighted by Crippen LogP contribution is 2.24. The van der Waals surface area contributed by atoms with Crippen LogP contribution in [0, 0.1) is 5.92 Å². The lowest BCUT2D eigenvalue weighted by Crippen LogP contribution is -2.39. The molecule has 2 N–H and O–H groups in total. The highest BCUT2D eigenvalue weighted by atomic mass is 16.4. The van der Waals surface area contributed by atoms with E-state index in [9.17, 15) is 9.59 Å². The summed E-state index contributed by atoms with van der Waals surface area (Å²) in [6.45, 7) is 7.53. The molecular formula is C10H18N2O4. The average molecular weight is 230 g/mol. The monoisotopic (exact) mass is 230 g/mol. The van der Waals surface area contributed by atoms with Gasteiger partial charge in [0.25, 0.3) is 0 Å². The molecule has 0 aliphatic carbocycles. The Morgan fingerprint density at radius 2 is 1.44 bits per heavy atom. The summed E-state index contributed by atoms with van der Waals surface area (Å²) >= 11 is 0. The quantitative estimate of drug-likeness (QED) is 0.703. The van der Waals surface area contributed by atoms with E-state index in [4.69, 9.17) is 10.2 Å². The van der Waals surface area contributed by atoms with Crippen molar-refractivity contribution in [3.63, 3.8) is 0 Å². The van der Waals surface area contributed by atoms with Crippen molar-refractivity contribution in [2.24, 2.45) is 16.1 Å². The first-order valence-electron chi connectivity index (χ1n) is 4.95. The van der Waals surface area contributed by atoms with E-state index in [0.29, 0.717) is 0 Å². The molecule has 0 aromatic rings. The summed E-state index contributed by atoms with van der Waals surface area (Å²) in [5, 5.41) is 25.2. The van der Waals surface area contributed by atoms with Gasteiger partial charge in [-0.1, -0.05) is 13.8 Å². The van der Waals surface area contributed by atoms with E-state index in [1.807, 2.05) is 0 Å². The number of azo groups is 1. The van der Waals surface area contributed by atoms with Gasteiger partial charge in [-0.3, -0.25) is 0 Å². The molecule has 6 heteroatoms. The summed E-state index contributed by atoms with van der Waals surface area (Å²) in [7, 11) is 0. The Balaban J connectivity index is 5.13. The molecule has 0 radical (unpaired) electrons. The largest absolute Gasteiger partial charge is 0.479 e. The van der Waals surface area contributed by atoms with E-state index < -0.39 is 23.0 Å². The van der Waals surface area contributed by atoms with E-state index in [2.05, 4.69) is 10.2 Å². The lowest BCUT2D eigenvalue weighted by molar-refractivity contribution is -0.146. The standard InChI is InChI=1S/C10H18N2O4/c1-6(2)10(5,8(15)16)12-11-9(3,4)7(13)14/h6H,1-5H3,(H,13,14)(H,15,16). The van der Waals surface area contributed by atoms with Crippen LogP contribution in [0.15, 0.2) is 10.2 Å². The van der Waals surface area contributed by atoms with Crippen molar-refractivity contribution in [2.75, 3.05) is 0 Å². The van der Waals surface area contributed by atoms with Crippen molar-refractivity contribution in [3.8, 4) is 0 Å². The van der Waals surface area contributed by atoms with E-state index in [1.165, 1.54) is 20.8 Å². The van der Waals surface area contributed by atoms with Crippen molar-refractivity contribution in [1.29, 1.82) is 0 Å². The number of aliphatic carboxylic acids is 2. The zero-order valence-corrected chi connectivity index (χ0v) is 10.2. The van der Waals surface area contributed by atoms with Crippen LogP contribution >= 0.6 is 0 Å². The van der Waals surface area contributed by atoms with Crippen LogP contribution < -0.4 is 0 Å². The third-order valence-corrected chi connectivity index (χ3v) is 2.59. The molecule has 0 spiro atoms. The van der Waals surface area contributed by atoms with Crippen LogP contribution in [-0.4, -0.2) is 33.2 Å². The maximum Gasteiger partial charge on any atom is 0.333 e. The third-order valence-electron chi connectivity index (χ3n) is 2.59. The molecule has 0 heterocycles. The summed E-state index contributed by atoms with van der Waals surface area (Å²) < 4.78 is 0. The SMILES string of the molecule is CC(C)C(C)(N=NC(C)(C)C(=O)O)C(=O)O. The number of nitrogens with zero attached hydrogens (tertiary/aromatic N) is 2. The fourth-order valence-electron chi connectivity index (χ4n) is 0.677. The van der Waals surface area contributed by atoms with Crippen LogP contribution in [0.5, 0.6) is 0 Å². The molecular weight excluding hydrogens is 212 g/mol. The van der Waals surface area contributed by atoms with Gasteiger partial charge in [0.2, 0.25) is 0 Å². The van der Waals surface area contributed by atoms with Gasteiger partial charge in [0.1, 0.15) is 0 Å². The minimum Gasteiger partial charge on any atom is -0.479 e. The van der Waals surface area contributed by atoms with Crippen molar-refractivity contribution in [1.82, 2.24) is 0 Å². The normalized spacial score (nSPS) is 16.4. The fraction of sp³-hybridized carbons (Fsp3) is 0.800. The van der Waals surface area contributed by atoms with Gasteiger partial charge in [-0.25, -0.2) is 9.59 Å². The summed E-state index contributed by atoms with van der Waals surface area (Å²) in [6.07, 6.45) is 0. The van der Waals surface area contributed by atoms with Crippen molar-refractivity contribution < 1.29 is 19.8 Å². The Morgan fingerprint density at radius 3 is 1.69 bits per heavy atom. The summed E-state index contributed by atoms with van der Waals surface area (Å²) in [6, 6.07) is 0. The Hall–Kier alpha value is -1.46. The Bertz CT molecular complexity index is 323. The van der Waals surface area contributed by atoms with Gasteiger partial charge in [0.15, 0.2) is 11.1 Å². The number of rotatable bonds is 5. The number of carboxylic acid groups (broad SMARTS) is 2. The van der Waals surface area contributed by atoms with Crippen LogP contribution in [-0.2, 0) is 9.59 Å². The summed E-state index contributed by atoms with van der Waals surface area (Å²) in [5.74, 6) is -2.54. The Labute approximate surface area is 94.4 Å². The van der Waals surface area contributed by atoms with Crippen LogP contribution in [0.25, 0.3) is 0 Å². The van der Waals surface area contributed by atoms with E-state index in [1.54, 1.807) is 13.8 Å². The first-order chi connectivity index (χ1) is 7.04. The molecule has 0 aliphatic heterocycles. The van der Waals surface area contributed by atoms with Crippen LogP contribution in [0.1, 0.15) is 34.6 Å². The summed E-state index contributed by atoms with van der Waals surface area (Å²) in [5.41, 5.74) is -2.81. The molecule has 0 bridgehead atoms. The molecule has 0 saturated heterocycles. The van der Waals surface area contributed by atoms with Crippen molar-refractivity contribution in [3.05, 3.63) is 0 Å². The zero-order valence-electron chi connectivity index (χ0n) is 10.2. The molecule has 1 unspecified atom stereocenters. The average Bonchev–Trinajstić information content (AvgIpc) is 2.13. The van der Waals surface area contributed by atoms with Crippen LogP contribution in [0.4, 0.5) is 0 Å². The van der Waals surface area contributed by atoms with E-state index in [-0.39, 0.29) is 5.92 Å². The number of hydrogen-bond acceptors (Lipinski definition) is 4. The zero-order chi connectivity index (χ0) is 13.1. The molecule has 0 amide bonds. The second kappa shape index (κ2) is 4.59. The van der Waals surface area contributed by atoms with Crippen molar-refractivity contribution >= 4 is 11.9 Å². The topological polar surface area (TPSA) is 99.3 Å². The van der Waals surface area contributed by atoms with Crippen molar-refractivity contribution in [2.45, 2.75) is 45.7 Å². The van der Waals surface area contributed by atoms with E-state index >= 15 is 0 Å². The molecule has 0 aliphatic rings. The Morgan fingerprint density at radius 1 is 1.00 bits per heavy atom. The van der Waals surface area contributed by atoms with Gasteiger partial charge in [0.05, 0.1) is 0 Å². The predicted octanol–water partition coefficient (Wildman–Crippen LogP) is 1.80. The predicted molar refractivity (Wildman–Crippen MR) is 57.4 cm³/mol. The molecule has 16 heavy (non-hydrogen) atoms. The van der Waals surface area contributed by atoms with Gasteiger partial charge in [-0.2, -0.15) is 10.2 Å². The van der Waals surface area contributed by atoms with E-state index in [0.717, 1.165) is 0 Å². The molecule has 6 nitrogen and oxygen atoms in total. The molecule has 0 fully saturated rings. The van der Waals surface area contributed by atoms with Gasteiger partial charge >= 0.3 is 11.9 Å². The molecule has 0 aromatic heterocycles.